The monoisotopic (exact) mass is 449 g/mol. The highest BCUT2D eigenvalue weighted by atomic mass is 79.9. The van der Waals surface area contributed by atoms with Crippen molar-refractivity contribution in [3.63, 3.8) is 0 Å². The molecule has 3 N–H and O–H groups in total. The zero-order valence-electron chi connectivity index (χ0n) is 15.0. The molecule has 0 heterocycles. The highest BCUT2D eigenvalue weighted by Crippen LogP contribution is 2.23. The molecule has 0 bridgehead atoms. The Balaban J connectivity index is 2.09. The Morgan fingerprint density at radius 1 is 1.15 bits per heavy atom. The van der Waals surface area contributed by atoms with E-state index in [1.54, 1.807) is 43.4 Å². The molecule has 8 heteroatoms. The molecule has 0 radical (unpaired) electrons. The van der Waals surface area contributed by atoms with E-state index in [9.17, 15) is 9.59 Å². The van der Waals surface area contributed by atoms with Crippen LogP contribution in [-0.4, -0.2) is 30.6 Å². The predicted molar refractivity (Wildman–Crippen MR) is 113 cm³/mol. The lowest BCUT2D eigenvalue weighted by Crippen LogP contribution is -2.34. The van der Waals surface area contributed by atoms with Crippen molar-refractivity contribution in [1.82, 2.24) is 10.6 Å². The van der Waals surface area contributed by atoms with Gasteiger partial charge in [-0.15, -0.1) is 0 Å². The maximum absolute atomic E-state index is 12.6. The molecule has 0 aliphatic rings. The van der Waals surface area contributed by atoms with Gasteiger partial charge < -0.3 is 15.4 Å². The van der Waals surface area contributed by atoms with Gasteiger partial charge in [-0.1, -0.05) is 28.9 Å². The van der Waals surface area contributed by atoms with Crippen molar-refractivity contribution < 1.29 is 14.3 Å². The highest BCUT2D eigenvalue weighted by molar-refractivity contribution is 9.10. The lowest BCUT2D eigenvalue weighted by Gasteiger charge is -2.13. The minimum atomic E-state index is -0.387. The Labute approximate surface area is 171 Å². The summed E-state index contributed by atoms with van der Waals surface area (Å²) < 4.78 is 6.38. The Morgan fingerprint density at radius 3 is 2.63 bits per heavy atom. The number of benzene rings is 2. The first-order valence-electron chi connectivity index (χ1n) is 8.31. The fourth-order valence-electron chi connectivity index (χ4n) is 2.23. The Bertz CT molecular complexity index is 858. The summed E-state index contributed by atoms with van der Waals surface area (Å²) in [6.45, 7) is 2.50. The first-order chi connectivity index (χ1) is 12.9. The number of hydrogen-bond donors (Lipinski definition) is 3. The molecule has 2 aromatic rings. The molecule has 0 aromatic heterocycles. The number of thiocarbonyl (C=S) groups is 1. The largest absolute Gasteiger partial charge is 0.493 e. The minimum Gasteiger partial charge on any atom is -0.493 e. The van der Waals surface area contributed by atoms with Gasteiger partial charge in [0.1, 0.15) is 5.75 Å². The van der Waals surface area contributed by atoms with Crippen LogP contribution in [0.15, 0.2) is 46.9 Å². The van der Waals surface area contributed by atoms with Gasteiger partial charge >= 0.3 is 0 Å². The zero-order valence-corrected chi connectivity index (χ0v) is 17.4. The van der Waals surface area contributed by atoms with Crippen molar-refractivity contribution in [1.29, 1.82) is 0 Å². The number of hydrogen-bond acceptors (Lipinski definition) is 4. The van der Waals surface area contributed by atoms with Crippen LogP contribution in [0.2, 0.25) is 0 Å². The van der Waals surface area contributed by atoms with Gasteiger partial charge in [-0.05, 0) is 55.0 Å². The summed E-state index contributed by atoms with van der Waals surface area (Å²) in [5.41, 5.74) is 1.46. The van der Waals surface area contributed by atoms with Crippen LogP contribution >= 0.6 is 28.1 Å². The normalized spacial score (nSPS) is 10.0. The summed E-state index contributed by atoms with van der Waals surface area (Å²) >= 11 is 8.58. The molecule has 27 heavy (non-hydrogen) atoms. The molecular formula is C19H20BrN3O3S. The molecule has 0 saturated carbocycles. The molecule has 142 valence electrons. The van der Waals surface area contributed by atoms with E-state index in [1.165, 1.54) is 0 Å². The molecule has 0 aliphatic carbocycles. The third-order valence-corrected chi connectivity index (χ3v) is 4.18. The van der Waals surface area contributed by atoms with Crippen LogP contribution in [0.25, 0.3) is 0 Å². The number of carbonyl (C=O) groups excluding carboxylic acids is 2. The van der Waals surface area contributed by atoms with E-state index in [2.05, 4.69) is 31.9 Å². The highest BCUT2D eigenvalue weighted by Gasteiger charge is 2.15. The number of anilines is 1. The molecule has 6 nitrogen and oxygen atoms in total. The second-order valence-corrected chi connectivity index (χ2v) is 6.88. The first kappa shape index (κ1) is 20.9. The van der Waals surface area contributed by atoms with Gasteiger partial charge in [0.2, 0.25) is 0 Å². The fraction of sp³-hybridized carbons (Fsp3) is 0.211. The van der Waals surface area contributed by atoms with Crippen molar-refractivity contribution in [3.8, 4) is 5.75 Å². The van der Waals surface area contributed by atoms with Crippen LogP contribution in [-0.2, 0) is 0 Å². The van der Waals surface area contributed by atoms with Crippen molar-refractivity contribution in [2.24, 2.45) is 0 Å². The van der Waals surface area contributed by atoms with Crippen LogP contribution in [0.1, 0.15) is 34.1 Å². The second kappa shape index (κ2) is 10.0. The van der Waals surface area contributed by atoms with E-state index in [0.717, 1.165) is 10.9 Å². The van der Waals surface area contributed by atoms with Gasteiger partial charge in [0.05, 0.1) is 12.2 Å². The first-order valence-corrected chi connectivity index (χ1v) is 9.51. The number of halogens is 1. The molecule has 0 spiro atoms. The van der Waals surface area contributed by atoms with E-state index in [4.69, 9.17) is 17.0 Å². The molecule has 0 fully saturated rings. The number of rotatable bonds is 6. The van der Waals surface area contributed by atoms with E-state index in [-0.39, 0.29) is 16.9 Å². The molecule has 2 amide bonds. The summed E-state index contributed by atoms with van der Waals surface area (Å²) in [4.78, 5) is 24.3. The van der Waals surface area contributed by atoms with Crippen molar-refractivity contribution in [2.75, 3.05) is 19.0 Å². The number of amides is 2. The second-order valence-electron chi connectivity index (χ2n) is 5.56. The molecule has 0 saturated heterocycles. The third kappa shape index (κ3) is 6.04. The van der Waals surface area contributed by atoms with Crippen molar-refractivity contribution >= 4 is 50.8 Å². The summed E-state index contributed by atoms with van der Waals surface area (Å²) in [7, 11) is 1.56. The average Bonchev–Trinajstić information content (AvgIpc) is 2.66. The molecule has 0 aliphatic heterocycles. The zero-order chi connectivity index (χ0) is 19.8. The predicted octanol–water partition coefficient (Wildman–Crippen LogP) is 3.72. The van der Waals surface area contributed by atoms with Gasteiger partial charge in [-0.3, -0.25) is 14.9 Å². The van der Waals surface area contributed by atoms with Gasteiger partial charge in [-0.25, -0.2) is 0 Å². The molecule has 0 unspecified atom stereocenters. The van der Waals surface area contributed by atoms with Crippen LogP contribution in [0.3, 0.4) is 0 Å². The summed E-state index contributed by atoms with van der Waals surface area (Å²) in [5, 5.41) is 8.21. The summed E-state index contributed by atoms with van der Waals surface area (Å²) in [6, 6.07) is 12.0. The van der Waals surface area contributed by atoms with E-state index in [1.807, 2.05) is 13.0 Å². The Morgan fingerprint density at radius 2 is 1.93 bits per heavy atom. The number of ether oxygens (including phenoxy) is 1. The third-order valence-electron chi connectivity index (χ3n) is 3.48. The van der Waals surface area contributed by atoms with E-state index < -0.39 is 0 Å². The molecular weight excluding hydrogens is 430 g/mol. The van der Waals surface area contributed by atoms with E-state index in [0.29, 0.717) is 29.2 Å². The number of carbonyl (C=O) groups is 2. The smallest absolute Gasteiger partial charge is 0.261 e. The van der Waals surface area contributed by atoms with Gasteiger partial charge in [0.25, 0.3) is 11.8 Å². The molecule has 2 aromatic carbocycles. The quantitative estimate of drug-likeness (QED) is 0.585. The minimum absolute atomic E-state index is 0.121. The SMILES string of the molecule is CCCOc1ccc(Br)cc1C(=O)NC(=S)Nc1cccc(C(=O)NC)c1. The van der Waals surface area contributed by atoms with Gasteiger partial charge in [0.15, 0.2) is 5.11 Å². The average molecular weight is 450 g/mol. The Kier molecular flexibility index (Phi) is 7.75. The Hall–Kier alpha value is -2.45. The molecule has 0 atom stereocenters. The van der Waals surface area contributed by atoms with Crippen LogP contribution < -0.4 is 20.7 Å². The van der Waals surface area contributed by atoms with Crippen molar-refractivity contribution in [3.05, 3.63) is 58.1 Å². The van der Waals surface area contributed by atoms with Gasteiger partial charge in [-0.2, -0.15) is 0 Å². The lowest BCUT2D eigenvalue weighted by atomic mass is 10.2. The fourth-order valence-corrected chi connectivity index (χ4v) is 2.80. The van der Waals surface area contributed by atoms with Crippen molar-refractivity contribution in [2.45, 2.75) is 13.3 Å². The standard InChI is InChI=1S/C19H20BrN3O3S/c1-3-9-26-16-8-7-13(20)11-15(16)18(25)23-19(27)22-14-6-4-5-12(10-14)17(24)21-2/h4-8,10-11H,3,9H2,1-2H3,(H,21,24)(H2,22,23,25,27). The topological polar surface area (TPSA) is 79.5 Å². The maximum Gasteiger partial charge on any atom is 0.261 e. The summed E-state index contributed by atoms with van der Waals surface area (Å²) in [6.07, 6.45) is 0.832. The van der Waals surface area contributed by atoms with Crippen LogP contribution in [0.5, 0.6) is 5.75 Å². The van der Waals surface area contributed by atoms with Crippen LogP contribution in [0.4, 0.5) is 5.69 Å². The lowest BCUT2D eigenvalue weighted by molar-refractivity contribution is 0.0958. The summed E-state index contributed by atoms with van der Waals surface area (Å²) in [5.74, 6) is -0.107. The van der Waals surface area contributed by atoms with E-state index >= 15 is 0 Å². The molecule has 2 rings (SSSR count). The van der Waals surface area contributed by atoms with Gasteiger partial charge in [0, 0.05) is 22.8 Å². The maximum atomic E-state index is 12.6. The number of nitrogens with one attached hydrogen (secondary N) is 3. The van der Waals surface area contributed by atoms with Crippen LogP contribution in [0, 0.1) is 0 Å².